The van der Waals surface area contributed by atoms with Crippen LogP contribution in [-0.4, -0.2) is 50.9 Å². The van der Waals surface area contributed by atoms with Gasteiger partial charge in [0.1, 0.15) is 29.8 Å². The Morgan fingerprint density at radius 3 is 2.00 bits per heavy atom. The summed E-state index contributed by atoms with van der Waals surface area (Å²) in [5.74, 6) is 0.888. The number of nitrogens with zero attached hydrogens (tertiary/aromatic N) is 2. The van der Waals surface area contributed by atoms with Crippen molar-refractivity contribution >= 4 is 27.5 Å². The Kier molecular flexibility index (Phi) is 11.2. The van der Waals surface area contributed by atoms with Crippen molar-refractivity contribution in [3.8, 4) is 17.2 Å². The van der Waals surface area contributed by atoms with E-state index in [0.717, 1.165) is 9.87 Å². The Balaban J connectivity index is 1.72. The zero-order valence-corrected chi connectivity index (χ0v) is 26.7. The average Bonchev–Trinajstić information content (AvgIpc) is 3.04. The van der Waals surface area contributed by atoms with Crippen molar-refractivity contribution in [3.63, 3.8) is 0 Å². The molecule has 0 spiro atoms. The van der Waals surface area contributed by atoms with E-state index < -0.39 is 28.5 Å². The van der Waals surface area contributed by atoms with Gasteiger partial charge < -0.3 is 19.7 Å². The number of methoxy groups -OCH3 is 1. The lowest BCUT2D eigenvalue weighted by Gasteiger charge is -2.33. The third-order valence-electron chi connectivity index (χ3n) is 7.02. The summed E-state index contributed by atoms with van der Waals surface area (Å²) in [5, 5.41) is 2.90. The van der Waals surface area contributed by atoms with Crippen LogP contribution in [0.25, 0.3) is 0 Å². The lowest BCUT2D eigenvalue weighted by Crippen LogP contribution is -2.53. The fourth-order valence-electron chi connectivity index (χ4n) is 4.82. The smallest absolute Gasteiger partial charge is 0.264 e. The lowest BCUT2D eigenvalue weighted by molar-refractivity contribution is -0.140. The number of rotatable bonds is 14. The molecule has 10 heteroatoms. The van der Waals surface area contributed by atoms with Gasteiger partial charge in [-0.25, -0.2) is 8.42 Å². The maximum Gasteiger partial charge on any atom is 0.264 e. The lowest BCUT2D eigenvalue weighted by atomic mass is 10.1. The number of hydrogen-bond donors (Lipinski definition) is 1. The largest absolute Gasteiger partial charge is 0.497 e. The summed E-state index contributed by atoms with van der Waals surface area (Å²) >= 11 is 0. The normalized spacial score (nSPS) is 11.8. The molecule has 236 valence electrons. The molecule has 0 fully saturated rings. The highest BCUT2D eigenvalue weighted by atomic mass is 32.2. The molecule has 0 aliphatic rings. The summed E-state index contributed by atoms with van der Waals surface area (Å²) in [7, 11) is -2.63. The van der Waals surface area contributed by atoms with Gasteiger partial charge in [0.05, 0.1) is 17.7 Å². The molecule has 0 radical (unpaired) electrons. The van der Waals surface area contributed by atoms with Crippen LogP contribution in [0.1, 0.15) is 32.8 Å². The van der Waals surface area contributed by atoms with Gasteiger partial charge in [-0.05, 0) is 86.5 Å². The Hall–Kier alpha value is -4.83. The molecule has 0 aliphatic heterocycles. The van der Waals surface area contributed by atoms with E-state index in [4.69, 9.17) is 9.47 Å². The van der Waals surface area contributed by atoms with Crippen LogP contribution in [0.5, 0.6) is 17.2 Å². The maximum atomic E-state index is 14.2. The second-order valence-corrected chi connectivity index (χ2v) is 12.6. The molecule has 0 bridgehead atoms. The molecular formula is C35H39N3O6S. The fraction of sp³-hybridized carbons (Fsp3) is 0.257. The van der Waals surface area contributed by atoms with Crippen molar-refractivity contribution in [2.45, 2.75) is 50.7 Å². The maximum absolute atomic E-state index is 14.2. The predicted octanol–water partition coefficient (Wildman–Crippen LogP) is 6.01. The number of sulfonamides is 1. The van der Waals surface area contributed by atoms with Crippen LogP contribution in [0.2, 0.25) is 0 Å². The van der Waals surface area contributed by atoms with Crippen LogP contribution in [0.3, 0.4) is 0 Å². The number of carbonyl (C=O) groups excluding carboxylic acids is 2. The highest BCUT2D eigenvalue weighted by molar-refractivity contribution is 7.92. The van der Waals surface area contributed by atoms with E-state index in [1.165, 1.54) is 17.0 Å². The summed E-state index contributed by atoms with van der Waals surface area (Å²) < 4.78 is 40.4. The monoisotopic (exact) mass is 629 g/mol. The molecule has 9 nitrogen and oxygen atoms in total. The van der Waals surface area contributed by atoms with E-state index in [2.05, 4.69) is 5.32 Å². The third kappa shape index (κ3) is 8.63. The molecule has 0 saturated carbocycles. The standard InChI is InChI=1S/C35H39N3O6S/c1-5-33(35(40)36-26(2)3)37(24-27-13-12-16-31(23-27)43-4)34(39)25-38(45(41,42)32-17-10-7-11-18-32)28-19-21-30(22-20-28)44-29-14-8-6-9-15-29/h6-23,26,33H,5,24-25H2,1-4H3,(H,36,40)/t33-/m1/s1. The molecule has 0 saturated heterocycles. The zero-order chi connectivity index (χ0) is 32.4. The first-order valence-corrected chi connectivity index (χ1v) is 16.2. The minimum Gasteiger partial charge on any atom is -0.497 e. The Labute approximate surface area is 265 Å². The highest BCUT2D eigenvalue weighted by Gasteiger charge is 2.34. The number of ether oxygens (including phenoxy) is 2. The molecule has 4 aromatic carbocycles. The number of benzene rings is 4. The Morgan fingerprint density at radius 2 is 1.40 bits per heavy atom. The first-order chi connectivity index (χ1) is 21.6. The van der Waals surface area contributed by atoms with Gasteiger partial charge in [0.15, 0.2) is 0 Å². The third-order valence-corrected chi connectivity index (χ3v) is 8.81. The second kappa shape index (κ2) is 15.3. The van der Waals surface area contributed by atoms with Crippen LogP contribution in [-0.2, 0) is 26.2 Å². The van der Waals surface area contributed by atoms with Gasteiger partial charge in [-0.3, -0.25) is 13.9 Å². The van der Waals surface area contributed by atoms with Crippen molar-refractivity contribution in [1.82, 2.24) is 10.2 Å². The van der Waals surface area contributed by atoms with E-state index in [-0.39, 0.29) is 29.1 Å². The number of nitrogens with one attached hydrogen (secondary N) is 1. The van der Waals surface area contributed by atoms with Crippen molar-refractivity contribution < 1.29 is 27.5 Å². The van der Waals surface area contributed by atoms with Crippen molar-refractivity contribution in [3.05, 3.63) is 115 Å². The first-order valence-electron chi connectivity index (χ1n) is 14.8. The van der Waals surface area contributed by atoms with Gasteiger partial charge in [-0.2, -0.15) is 0 Å². The number of carbonyl (C=O) groups is 2. The van der Waals surface area contributed by atoms with Crippen LogP contribution < -0.4 is 19.1 Å². The molecule has 4 aromatic rings. The van der Waals surface area contributed by atoms with Crippen LogP contribution in [0.4, 0.5) is 5.69 Å². The number of hydrogen-bond acceptors (Lipinski definition) is 6. The molecule has 0 unspecified atom stereocenters. The summed E-state index contributed by atoms with van der Waals surface area (Å²) in [6.45, 7) is 5.05. The van der Waals surface area contributed by atoms with Gasteiger partial charge in [-0.1, -0.05) is 55.5 Å². The SMILES string of the molecule is CC[C@H](C(=O)NC(C)C)N(Cc1cccc(OC)c1)C(=O)CN(c1ccc(Oc2ccccc2)cc1)S(=O)(=O)c1ccccc1. The van der Waals surface area contributed by atoms with E-state index in [9.17, 15) is 18.0 Å². The van der Waals surface area contributed by atoms with E-state index in [1.54, 1.807) is 67.8 Å². The predicted molar refractivity (Wildman–Crippen MR) is 175 cm³/mol. The zero-order valence-electron chi connectivity index (χ0n) is 25.9. The van der Waals surface area contributed by atoms with E-state index >= 15 is 0 Å². The Morgan fingerprint density at radius 1 is 0.800 bits per heavy atom. The molecule has 0 aliphatic carbocycles. The van der Waals surface area contributed by atoms with Crippen molar-refractivity contribution in [1.29, 1.82) is 0 Å². The minimum absolute atomic E-state index is 0.0337. The number of anilines is 1. The molecule has 1 atom stereocenters. The highest BCUT2D eigenvalue weighted by Crippen LogP contribution is 2.29. The minimum atomic E-state index is -4.19. The summed E-state index contributed by atoms with van der Waals surface area (Å²) in [6, 6.07) is 29.9. The number of para-hydroxylation sites is 1. The summed E-state index contributed by atoms with van der Waals surface area (Å²) in [6.07, 6.45) is 0.325. The first kappa shape index (κ1) is 33.1. The fourth-order valence-corrected chi connectivity index (χ4v) is 6.26. The van der Waals surface area contributed by atoms with E-state index in [0.29, 0.717) is 23.7 Å². The quantitative estimate of drug-likeness (QED) is 0.183. The topological polar surface area (TPSA) is 105 Å². The second-order valence-electron chi connectivity index (χ2n) is 10.7. The van der Waals surface area contributed by atoms with Gasteiger partial charge in [-0.15, -0.1) is 0 Å². The summed E-state index contributed by atoms with van der Waals surface area (Å²) in [5.41, 5.74) is 1.01. The van der Waals surface area contributed by atoms with Gasteiger partial charge in [0.2, 0.25) is 11.8 Å². The van der Waals surface area contributed by atoms with Crippen LogP contribution in [0.15, 0.2) is 114 Å². The molecule has 45 heavy (non-hydrogen) atoms. The molecule has 1 N–H and O–H groups in total. The average molecular weight is 630 g/mol. The molecule has 2 amide bonds. The Bertz CT molecular complexity index is 1660. The van der Waals surface area contributed by atoms with Crippen LogP contribution >= 0.6 is 0 Å². The van der Waals surface area contributed by atoms with Gasteiger partial charge in [0.25, 0.3) is 10.0 Å². The molecule has 4 rings (SSSR count). The van der Waals surface area contributed by atoms with E-state index in [1.807, 2.05) is 57.2 Å². The van der Waals surface area contributed by atoms with Crippen molar-refractivity contribution in [2.75, 3.05) is 18.0 Å². The van der Waals surface area contributed by atoms with Gasteiger partial charge in [0, 0.05) is 12.6 Å². The van der Waals surface area contributed by atoms with Crippen molar-refractivity contribution in [2.24, 2.45) is 0 Å². The molecule has 0 aromatic heterocycles. The van der Waals surface area contributed by atoms with Gasteiger partial charge >= 0.3 is 0 Å². The molecule has 0 heterocycles. The number of amides is 2. The summed E-state index contributed by atoms with van der Waals surface area (Å²) in [4.78, 5) is 29.0. The van der Waals surface area contributed by atoms with Crippen LogP contribution in [0, 0.1) is 0 Å². The molecular weight excluding hydrogens is 590 g/mol.